The number of benzene rings is 3. The van der Waals surface area contributed by atoms with E-state index < -0.39 is 6.04 Å². The van der Waals surface area contributed by atoms with Gasteiger partial charge in [0.2, 0.25) is 5.95 Å². The number of anilines is 1. The first-order valence-electron chi connectivity index (χ1n) is 13.9. The predicted molar refractivity (Wildman–Crippen MR) is 157 cm³/mol. The monoisotopic (exact) mass is 550 g/mol. The minimum atomic E-state index is -0.452. The van der Waals surface area contributed by atoms with Crippen LogP contribution in [0.1, 0.15) is 50.8 Å². The van der Waals surface area contributed by atoms with Crippen molar-refractivity contribution in [2.75, 3.05) is 19.0 Å². The molecule has 8 heteroatoms. The van der Waals surface area contributed by atoms with Gasteiger partial charge in [-0.3, -0.25) is 4.79 Å². The van der Waals surface area contributed by atoms with Crippen molar-refractivity contribution in [3.05, 3.63) is 95.2 Å². The van der Waals surface area contributed by atoms with Gasteiger partial charge in [-0.2, -0.15) is 4.98 Å². The summed E-state index contributed by atoms with van der Waals surface area (Å²) >= 11 is 0. The fourth-order valence-corrected chi connectivity index (χ4v) is 5.60. The van der Waals surface area contributed by atoms with Crippen molar-refractivity contribution in [3.63, 3.8) is 0 Å². The molecule has 1 aliphatic carbocycles. The van der Waals surface area contributed by atoms with Crippen LogP contribution in [0.25, 0.3) is 11.4 Å². The Morgan fingerprint density at radius 1 is 0.976 bits per heavy atom. The van der Waals surface area contributed by atoms with E-state index >= 15 is 0 Å². The first-order chi connectivity index (χ1) is 19.8. The molecule has 1 atom stereocenters. The summed E-state index contributed by atoms with van der Waals surface area (Å²) in [6.45, 7) is 7.10. The van der Waals surface area contributed by atoms with Gasteiger partial charge in [0, 0.05) is 23.3 Å². The maximum atomic E-state index is 13.7. The Balaban J connectivity index is 1.42. The van der Waals surface area contributed by atoms with Crippen molar-refractivity contribution in [1.29, 1.82) is 0 Å². The van der Waals surface area contributed by atoms with E-state index in [4.69, 9.17) is 24.3 Å². The lowest BCUT2D eigenvalue weighted by Gasteiger charge is -2.38. The van der Waals surface area contributed by atoms with Crippen molar-refractivity contribution >= 4 is 11.7 Å². The molecule has 0 spiro atoms. The fraction of sp³-hybridized carbons (Fsp3) is 0.303. The highest BCUT2D eigenvalue weighted by atomic mass is 16.5. The largest absolute Gasteiger partial charge is 0.497 e. The van der Waals surface area contributed by atoms with Crippen LogP contribution in [0.15, 0.2) is 84.1 Å². The van der Waals surface area contributed by atoms with Gasteiger partial charge in [-0.05, 0) is 66.3 Å². The second kappa shape index (κ2) is 10.8. The lowest BCUT2D eigenvalue weighted by molar-refractivity contribution is -0.118. The molecule has 0 radical (unpaired) electrons. The maximum Gasteiger partial charge on any atom is 0.226 e. The van der Waals surface area contributed by atoms with Gasteiger partial charge in [-0.1, -0.05) is 50.2 Å². The Morgan fingerprint density at radius 3 is 2.49 bits per heavy atom. The van der Waals surface area contributed by atoms with E-state index in [1.807, 2.05) is 84.4 Å². The summed E-state index contributed by atoms with van der Waals surface area (Å²) in [6, 6.07) is 23.1. The fourth-order valence-electron chi connectivity index (χ4n) is 5.60. The Hall–Kier alpha value is -4.59. The van der Waals surface area contributed by atoms with Crippen LogP contribution in [0.3, 0.4) is 0 Å². The topological polar surface area (TPSA) is 87.5 Å². The third kappa shape index (κ3) is 5.29. The summed E-state index contributed by atoms with van der Waals surface area (Å²) in [7, 11) is 1.64. The van der Waals surface area contributed by atoms with Crippen molar-refractivity contribution in [2.45, 2.75) is 46.3 Å². The number of ether oxygens (including phenoxy) is 3. The van der Waals surface area contributed by atoms with Crippen LogP contribution in [0.5, 0.6) is 17.2 Å². The molecule has 0 saturated heterocycles. The molecule has 0 fully saturated rings. The van der Waals surface area contributed by atoms with Crippen molar-refractivity contribution in [3.8, 4) is 28.6 Å². The van der Waals surface area contributed by atoms with E-state index in [-0.39, 0.29) is 11.2 Å². The summed E-state index contributed by atoms with van der Waals surface area (Å²) < 4.78 is 19.3. The maximum absolute atomic E-state index is 13.7. The molecule has 0 saturated carbocycles. The highest BCUT2D eigenvalue weighted by Gasteiger charge is 2.42. The number of Topliss-reactive ketones (excluding diaryl/α,β-unsaturated/α-hetero) is 1. The van der Waals surface area contributed by atoms with Crippen LogP contribution >= 0.6 is 0 Å². The molecule has 4 aromatic rings. The molecule has 2 heterocycles. The number of carbonyl (C=O) groups excluding carboxylic acids is 1. The number of nitrogens with zero attached hydrogens (tertiary/aromatic N) is 3. The van der Waals surface area contributed by atoms with Crippen LogP contribution in [0.4, 0.5) is 5.95 Å². The molecule has 1 N–H and O–H groups in total. The van der Waals surface area contributed by atoms with Crippen molar-refractivity contribution < 1.29 is 19.0 Å². The van der Waals surface area contributed by atoms with Gasteiger partial charge >= 0.3 is 0 Å². The Labute approximate surface area is 240 Å². The predicted octanol–water partition coefficient (Wildman–Crippen LogP) is 6.59. The molecular weight excluding hydrogens is 516 g/mol. The van der Waals surface area contributed by atoms with Gasteiger partial charge in [-0.25, -0.2) is 4.68 Å². The van der Waals surface area contributed by atoms with E-state index in [0.29, 0.717) is 42.9 Å². The normalized spacial score (nSPS) is 17.4. The zero-order valence-electron chi connectivity index (χ0n) is 23.8. The number of aromatic nitrogens is 3. The van der Waals surface area contributed by atoms with Crippen LogP contribution in [0.2, 0.25) is 0 Å². The minimum Gasteiger partial charge on any atom is -0.497 e. The summed E-state index contributed by atoms with van der Waals surface area (Å²) in [4.78, 5) is 18.5. The average Bonchev–Trinajstić information content (AvgIpc) is 3.39. The molecule has 1 unspecified atom stereocenters. The highest BCUT2D eigenvalue weighted by Crippen LogP contribution is 2.46. The molecule has 210 valence electrons. The van der Waals surface area contributed by atoms with Gasteiger partial charge in [0.25, 0.3) is 0 Å². The summed E-state index contributed by atoms with van der Waals surface area (Å²) in [5.74, 6) is 3.32. The van der Waals surface area contributed by atoms with Crippen LogP contribution in [-0.4, -0.2) is 34.3 Å². The molecule has 6 rings (SSSR count). The smallest absolute Gasteiger partial charge is 0.226 e. The highest BCUT2D eigenvalue weighted by molar-refractivity contribution is 6.00. The quantitative estimate of drug-likeness (QED) is 0.265. The van der Waals surface area contributed by atoms with Crippen LogP contribution in [0, 0.1) is 5.41 Å². The van der Waals surface area contributed by atoms with Gasteiger partial charge in [-0.15, -0.1) is 5.10 Å². The van der Waals surface area contributed by atoms with Crippen molar-refractivity contribution in [1.82, 2.24) is 14.8 Å². The summed E-state index contributed by atoms with van der Waals surface area (Å²) in [6.07, 6.45) is 1.21. The zero-order chi connectivity index (χ0) is 28.6. The molecule has 1 aliphatic heterocycles. The lowest BCUT2D eigenvalue weighted by atomic mass is 9.73. The Kier molecular flexibility index (Phi) is 6.99. The molecule has 41 heavy (non-hydrogen) atoms. The first-order valence-corrected chi connectivity index (χ1v) is 13.9. The number of nitrogens with one attached hydrogen (secondary N) is 1. The third-order valence-electron chi connectivity index (χ3n) is 7.50. The minimum absolute atomic E-state index is 0.114. The second-order valence-corrected chi connectivity index (χ2v) is 11.2. The lowest BCUT2D eigenvalue weighted by Crippen LogP contribution is -2.36. The van der Waals surface area contributed by atoms with Gasteiger partial charge in [0.15, 0.2) is 23.1 Å². The Morgan fingerprint density at radius 2 is 1.76 bits per heavy atom. The molecule has 0 bridgehead atoms. The average molecular weight is 551 g/mol. The third-order valence-corrected chi connectivity index (χ3v) is 7.50. The second-order valence-electron chi connectivity index (χ2n) is 11.2. The van der Waals surface area contributed by atoms with Crippen LogP contribution in [-0.2, 0) is 11.4 Å². The number of fused-ring (bicyclic) bond motifs is 1. The molecular formula is C33H34N4O4. The van der Waals surface area contributed by atoms with Crippen LogP contribution < -0.4 is 19.5 Å². The molecule has 8 nitrogen and oxygen atoms in total. The van der Waals surface area contributed by atoms with Gasteiger partial charge in [0.1, 0.15) is 18.4 Å². The number of hydrogen-bond donors (Lipinski definition) is 1. The molecule has 0 amide bonds. The van der Waals surface area contributed by atoms with E-state index in [1.165, 1.54) is 0 Å². The number of carbonyl (C=O) groups is 1. The molecule has 3 aromatic carbocycles. The number of rotatable bonds is 8. The summed E-state index contributed by atoms with van der Waals surface area (Å²) in [5.41, 5.74) is 4.29. The molecule has 2 aliphatic rings. The SMILES string of the molecule is CCOc1cc(C2C3=C(CC(C)(C)CC3=O)Nc3nc(-c4ccc(OC)cc4)nn32)ccc1OCc1ccccc1. The number of ketones is 1. The van der Waals surface area contributed by atoms with E-state index in [1.54, 1.807) is 7.11 Å². The standard InChI is InChI=1S/C33H34N4O4/c1-5-40-28-17-23(13-16-27(28)41-20-21-9-7-6-8-10-21)30-29-25(18-33(2,3)19-26(29)38)34-32-35-31(36-37(30)32)22-11-14-24(39-4)15-12-22/h6-17,30H,5,18-20H2,1-4H3,(H,34,35,36). The number of hydrogen-bond acceptors (Lipinski definition) is 7. The van der Waals surface area contributed by atoms with Crippen molar-refractivity contribution in [2.24, 2.45) is 5.41 Å². The Bertz CT molecular complexity index is 1610. The van der Waals surface area contributed by atoms with E-state index in [9.17, 15) is 4.79 Å². The summed E-state index contributed by atoms with van der Waals surface area (Å²) in [5, 5.41) is 8.37. The van der Waals surface area contributed by atoms with E-state index in [0.717, 1.165) is 40.1 Å². The first kappa shape index (κ1) is 26.6. The van der Waals surface area contributed by atoms with Gasteiger partial charge in [0.05, 0.1) is 13.7 Å². The zero-order valence-corrected chi connectivity index (χ0v) is 23.8. The number of allylic oxidation sites excluding steroid dienone is 2. The van der Waals surface area contributed by atoms with E-state index in [2.05, 4.69) is 19.2 Å². The number of methoxy groups -OCH3 is 1. The van der Waals surface area contributed by atoms with Gasteiger partial charge < -0.3 is 19.5 Å². The molecule has 1 aromatic heterocycles.